The third-order valence-corrected chi connectivity index (χ3v) is 3.51. The fourth-order valence-electron chi connectivity index (χ4n) is 2.24. The van der Waals surface area contributed by atoms with Crippen molar-refractivity contribution in [1.82, 2.24) is 5.32 Å². The lowest BCUT2D eigenvalue weighted by Crippen LogP contribution is -2.25. The van der Waals surface area contributed by atoms with Crippen LogP contribution in [0.3, 0.4) is 0 Å². The Kier molecular flexibility index (Phi) is 6.37. The van der Waals surface area contributed by atoms with E-state index in [1.807, 2.05) is 12.1 Å². The van der Waals surface area contributed by atoms with Crippen LogP contribution < -0.4 is 5.32 Å². The van der Waals surface area contributed by atoms with E-state index in [1.54, 1.807) is 43.3 Å². The second-order valence-corrected chi connectivity index (χ2v) is 5.35. The van der Waals surface area contributed by atoms with Crippen LogP contribution in [0, 0.1) is 0 Å². The first kappa shape index (κ1) is 17.5. The van der Waals surface area contributed by atoms with Crippen molar-refractivity contribution < 1.29 is 19.4 Å². The number of hydrogen-bond acceptors (Lipinski definition) is 4. The SMILES string of the molecule is CCOC(=O)Cc1ccc(C(=O)NCCc2ccc(O)cc2)cc1. The van der Waals surface area contributed by atoms with E-state index in [0.717, 1.165) is 11.1 Å². The number of phenolic OH excluding ortho intramolecular Hbond substituents is 1. The zero-order valence-corrected chi connectivity index (χ0v) is 13.6. The number of benzene rings is 2. The van der Waals surface area contributed by atoms with E-state index >= 15 is 0 Å². The molecule has 2 aromatic rings. The highest BCUT2D eigenvalue weighted by Crippen LogP contribution is 2.10. The number of hydrogen-bond donors (Lipinski definition) is 2. The van der Waals surface area contributed by atoms with Crippen LogP contribution in [-0.2, 0) is 22.4 Å². The minimum atomic E-state index is -0.274. The summed E-state index contributed by atoms with van der Waals surface area (Å²) < 4.78 is 4.89. The van der Waals surface area contributed by atoms with Crippen molar-refractivity contribution in [3.63, 3.8) is 0 Å². The van der Waals surface area contributed by atoms with Crippen molar-refractivity contribution in [2.24, 2.45) is 0 Å². The summed E-state index contributed by atoms with van der Waals surface area (Å²) in [6.07, 6.45) is 0.892. The van der Waals surface area contributed by atoms with Gasteiger partial charge in [0.1, 0.15) is 5.75 Å². The van der Waals surface area contributed by atoms with Crippen LogP contribution in [0.2, 0.25) is 0 Å². The van der Waals surface area contributed by atoms with Gasteiger partial charge in [0.05, 0.1) is 13.0 Å². The molecule has 0 saturated heterocycles. The maximum Gasteiger partial charge on any atom is 0.310 e. The van der Waals surface area contributed by atoms with Crippen molar-refractivity contribution in [2.75, 3.05) is 13.2 Å². The molecule has 0 atom stereocenters. The second kappa shape index (κ2) is 8.72. The van der Waals surface area contributed by atoms with Crippen LogP contribution in [0.4, 0.5) is 0 Å². The van der Waals surface area contributed by atoms with Gasteiger partial charge < -0.3 is 15.2 Å². The molecule has 0 spiro atoms. The summed E-state index contributed by atoms with van der Waals surface area (Å²) in [6, 6.07) is 13.8. The van der Waals surface area contributed by atoms with Gasteiger partial charge in [0.25, 0.3) is 5.91 Å². The number of esters is 1. The van der Waals surface area contributed by atoms with E-state index in [0.29, 0.717) is 25.1 Å². The maximum absolute atomic E-state index is 12.1. The third-order valence-electron chi connectivity index (χ3n) is 3.51. The van der Waals surface area contributed by atoms with E-state index in [2.05, 4.69) is 5.32 Å². The van der Waals surface area contributed by atoms with E-state index in [9.17, 15) is 14.7 Å². The Morgan fingerprint density at radius 1 is 1.00 bits per heavy atom. The average Bonchev–Trinajstić information content (AvgIpc) is 2.57. The molecule has 0 aliphatic heterocycles. The van der Waals surface area contributed by atoms with Gasteiger partial charge in [-0.15, -0.1) is 0 Å². The predicted octanol–water partition coefficient (Wildman–Crippen LogP) is 2.47. The number of phenols is 1. The molecular formula is C19H21NO4. The molecule has 0 fully saturated rings. The summed E-state index contributed by atoms with van der Waals surface area (Å²) in [5, 5.41) is 12.1. The van der Waals surface area contributed by atoms with Gasteiger partial charge in [0.2, 0.25) is 0 Å². The Bertz CT molecular complexity index is 678. The minimum absolute atomic E-state index is 0.156. The van der Waals surface area contributed by atoms with Gasteiger partial charge in [-0.3, -0.25) is 9.59 Å². The largest absolute Gasteiger partial charge is 0.508 e. The van der Waals surface area contributed by atoms with Gasteiger partial charge in [0.15, 0.2) is 0 Å². The molecule has 5 nitrogen and oxygen atoms in total. The summed E-state index contributed by atoms with van der Waals surface area (Å²) in [7, 11) is 0. The highest BCUT2D eigenvalue weighted by Gasteiger charge is 2.07. The van der Waals surface area contributed by atoms with Crippen LogP contribution in [0.25, 0.3) is 0 Å². The highest BCUT2D eigenvalue weighted by molar-refractivity contribution is 5.94. The first-order chi connectivity index (χ1) is 11.6. The smallest absolute Gasteiger partial charge is 0.310 e. The molecule has 2 N–H and O–H groups in total. The zero-order chi connectivity index (χ0) is 17.4. The van der Waals surface area contributed by atoms with Gasteiger partial charge in [-0.25, -0.2) is 0 Å². The van der Waals surface area contributed by atoms with E-state index < -0.39 is 0 Å². The van der Waals surface area contributed by atoms with Gasteiger partial charge in [-0.2, -0.15) is 0 Å². The standard InChI is InChI=1S/C19H21NO4/c1-2-24-18(22)13-15-3-7-16(8-4-15)19(23)20-12-11-14-5-9-17(21)10-6-14/h3-10,21H,2,11-13H2,1H3,(H,20,23). The summed E-state index contributed by atoms with van der Waals surface area (Å²) in [4.78, 5) is 23.5. The van der Waals surface area contributed by atoms with Crippen LogP contribution in [-0.4, -0.2) is 30.1 Å². The number of amides is 1. The molecule has 0 aliphatic rings. The van der Waals surface area contributed by atoms with Crippen LogP contribution in [0.1, 0.15) is 28.4 Å². The van der Waals surface area contributed by atoms with Crippen molar-refractivity contribution in [1.29, 1.82) is 0 Å². The molecule has 0 radical (unpaired) electrons. The Morgan fingerprint density at radius 2 is 1.62 bits per heavy atom. The second-order valence-electron chi connectivity index (χ2n) is 5.35. The lowest BCUT2D eigenvalue weighted by molar-refractivity contribution is -0.142. The zero-order valence-electron chi connectivity index (χ0n) is 13.6. The molecular weight excluding hydrogens is 306 g/mol. The van der Waals surface area contributed by atoms with Crippen LogP contribution in [0.15, 0.2) is 48.5 Å². The number of aromatic hydroxyl groups is 1. The first-order valence-electron chi connectivity index (χ1n) is 7.89. The van der Waals surface area contributed by atoms with E-state index in [-0.39, 0.29) is 24.0 Å². The van der Waals surface area contributed by atoms with E-state index in [4.69, 9.17) is 4.74 Å². The molecule has 24 heavy (non-hydrogen) atoms. The number of ether oxygens (including phenoxy) is 1. The molecule has 126 valence electrons. The molecule has 0 unspecified atom stereocenters. The molecule has 1 amide bonds. The molecule has 2 rings (SSSR count). The van der Waals surface area contributed by atoms with Crippen molar-refractivity contribution in [3.8, 4) is 5.75 Å². The van der Waals surface area contributed by atoms with Gasteiger partial charge in [-0.1, -0.05) is 24.3 Å². The number of rotatable bonds is 7. The summed E-state index contributed by atoms with van der Waals surface area (Å²) in [5.74, 6) is -0.203. The Labute approximate surface area is 141 Å². The van der Waals surface area contributed by atoms with E-state index in [1.165, 1.54) is 0 Å². The molecule has 0 saturated carbocycles. The Hall–Kier alpha value is -2.82. The molecule has 2 aromatic carbocycles. The number of carbonyl (C=O) groups excluding carboxylic acids is 2. The fraction of sp³-hybridized carbons (Fsp3) is 0.263. The number of carbonyl (C=O) groups is 2. The summed E-state index contributed by atoms with van der Waals surface area (Å²) in [5.41, 5.74) is 2.40. The van der Waals surface area contributed by atoms with Crippen LogP contribution in [0.5, 0.6) is 5.75 Å². The molecule has 0 aromatic heterocycles. The maximum atomic E-state index is 12.1. The summed E-state index contributed by atoms with van der Waals surface area (Å²) in [6.45, 7) is 2.64. The molecule has 0 aliphatic carbocycles. The predicted molar refractivity (Wildman–Crippen MR) is 90.9 cm³/mol. The third kappa shape index (κ3) is 5.43. The Balaban J connectivity index is 1.81. The quantitative estimate of drug-likeness (QED) is 0.766. The van der Waals surface area contributed by atoms with Crippen molar-refractivity contribution in [2.45, 2.75) is 19.8 Å². The normalized spacial score (nSPS) is 10.2. The van der Waals surface area contributed by atoms with Gasteiger partial charge >= 0.3 is 5.97 Å². The molecule has 0 bridgehead atoms. The van der Waals surface area contributed by atoms with Gasteiger partial charge in [0, 0.05) is 12.1 Å². The van der Waals surface area contributed by atoms with Crippen molar-refractivity contribution >= 4 is 11.9 Å². The van der Waals surface area contributed by atoms with Crippen LogP contribution >= 0.6 is 0 Å². The van der Waals surface area contributed by atoms with Crippen molar-refractivity contribution in [3.05, 3.63) is 65.2 Å². The molecule has 5 heteroatoms. The fourth-order valence-corrected chi connectivity index (χ4v) is 2.24. The topological polar surface area (TPSA) is 75.6 Å². The number of nitrogens with one attached hydrogen (secondary N) is 1. The minimum Gasteiger partial charge on any atom is -0.508 e. The average molecular weight is 327 g/mol. The lowest BCUT2D eigenvalue weighted by atomic mass is 10.1. The molecule has 0 heterocycles. The highest BCUT2D eigenvalue weighted by atomic mass is 16.5. The monoisotopic (exact) mass is 327 g/mol. The van der Waals surface area contributed by atoms with Gasteiger partial charge in [-0.05, 0) is 48.7 Å². The first-order valence-corrected chi connectivity index (χ1v) is 7.89. The Morgan fingerprint density at radius 3 is 2.25 bits per heavy atom. The summed E-state index contributed by atoms with van der Waals surface area (Å²) >= 11 is 0. The lowest BCUT2D eigenvalue weighted by Gasteiger charge is -2.07.